The molecule has 0 amide bonds. The van der Waals surface area contributed by atoms with E-state index in [4.69, 9.17) is 0 Å². The largest absolute Gasteiger partial charge is 0.388 e. The number of benzene rings is 1. The molecule has 1 aromatic rings. The highest BCUT2D eigenvalue weighted by molar-refractivity contribution is 6.00. The first-order valence-corrected chi connectivity index (χ1v) is 4.92. The van der Waals surface area contributed by atoms with Crippen molar-refractivity contribution in [3.63, 3.8) is 0 Å². The molecule has 2 rings (SSSR count). The summed E-state index contributed by atoms with van der Waals surface area (Å²) < 4.78 is 0. The number of hydrogen-bond donors (Lipinski definition) is 1. The predicted molar refractivity (Wildman–Crippen MR) is 54.3 cm³/mol. The first-order chi connectivity index (χ1) is 6.59. The SMILES string of the molecule is Cc1ccc2c(c1)C(=O)[C@@H](C)C[C@H]2O. The van der Waals surface area contributed by atoms with Gasteiger partial charge in [0.25, 0.3) is 0 Å². The number of carbonyl (C=O) groups excluding carboxylic acids is 1. The third-order valence-corrected chi connectivity index (χ3v) is 2.86. The summed E-state index contributed by atoms with van der Waals surface area (Å²) in [5.74, 6) is 0.105. The van der Waals surface area contributed by atoms with Gasteiger partial charge in [-0.05, 0) is 25.0 Å². The molecular weight excluding hydrogens is 176 g/mol. The van der Waals surface area contributed by atoms with Crippen molar-refractivity contribution in [1.82, 2.24) is 0 Å². The Morgan fingerprint density at radius 3 is 2.86 bits per heavy atom. The van der Waals surface area contributed by atoms with Gasteiger partial charge in [0.15, 0.2) is 5.78 Å². The minimum atomic E-state index is -0.474. The van der Waals surface area contributed by atoms with E-state index >= 15 is 0 Å². The van der Waals surface area contributed by atoms with Crippen LogP contribution in [0, 0.1) is 12.8 Å². The molecule has 0 saturated heterocycles. The van der Waals surface area contributed by atoms with Crippen LogP contribution in [0.2, 0.25) is 0 Å². The topological polar surface area (TPSA) is 37.3 Å². The van der Waals surface area contributed by atoms with Crippen LogP contribution in [0.1, 0.15) is 40.9 Å². The lowest BCUT2D eigenvalue weighted by Crippen LogP contribution is -2.23. The van der Waals surface area contributed by atoms with Gasteiger partial charge in [-0.15, -0.1) is 0 Å². The van der Waals surface area contributed by atoms with Gasteiger partial charge in [0.1, 0.15) is 0 Å². The molecule has 0 fully saturated rings. The van der Waals surface area contributed by atoms with Crippen molar-refractivity contribution < 1.29 is 9.90 Å². The molecule has 2 nitrogen and oxygen atoms in total. The number of hydrogen-bond acceptors (Lipinski definition) is 2. The maximum absolute atomic E-state index is 11.8. The van der Waals surface area contributed by atoms with Crippen molar-refractivity contribution in [2.45, 2.75) is 26.4 Å². The van der Waals surface area contributed by atoms with E-state index in [0.29, 0.717) is 12.0 Å². The van der Waals surface area contributed by atoms with Crippen LogP contribution in [-0.2, 0) is 0 Å². The Bertz CT molecular complexity index is 382. The van der Waals surface area contributed by atoms with Crippen molar-refractivity contribution in [3.05, 3.63) is 34.9 Å². The van der Waals surface area contributed by atoms with Gasteiger partial charge in [-0.2, -0.15) is 0 Å². The summed E-state index contributed by atoms with van der Waals surface area (Å²) in [6, 6.07) is 5.67. The zero-order chi connectivity index (χ0) is 10.3. The molecule has 1 N–H and O–H groups in total. The number of ketones is 1. The quantitative estimate of drug-likeness (QED) is 0.681. The van der Waals surface area contributed by atoms with E-state index in [2.05, 4.69) is 0 Å². The first kappa shape index (κ1) is 9.41. The van der Waals surface area contributed by atoms with Crippen LogP contribution >= 0.6 is 0 Å². The van der Waals surface area contributed by atoms with Crippen LogP contribution in [0.5, 0.6) is 0 Å². The molecule has 14 heavy (non-hydrogen) atoms. The summed E-state index contributed by atoms with van der Waals surface area (Å²) in [6.45, 7) is 3.83. The third kappa shape index (κ3) is 1.36. The van der Waals surface area contributed by atoms with Gasteiger partial charge in [-0.3, -0.25) is 4.79 Å². The molecule has 0 spiro atoms. The van der Waals surface area contributed by atoms with Gasteiger partial charge in [0.2, 0.25) is 0 Å². The van der Waals surface area contributed by atoms with Gasteiger partial charge in [0, 0.05) is 11.5 Å². The molecule has 0 aromatic heterocycles. The van der Waals surface area contributed by atoms with E-state index in [-0.39, 0.29) is 11.7 Å². The fourth-order valence-corrected chi connectivity index (χ4v) is 2.01. The molecule has 1 aromatic carbocycles. The van der Waals surface area contributed by atoms with Gasteiger partial charge in [-0.25, -0.2) is 0 Å². The smallest absolute Gasteiger partial charge is 0.166 e. The van der Waals surface area contributed by atoms with Crippen molar-refractivity contribution in [1.29, 1.82) is 0 Å². The molecule has 74 valence electrons. The van der Waals surface area contributed by atoms with Crippen molar-refractivity contribution in [2.24, 2.45) is 5.92 Å². The lowest BCUT2D eigenvalue weighted by molar-refractivity contribution is 0.0795. The van der Waals surface area contributed by atoms with E-state index in [1.54, 1.807) is 0 Å². The zero-order valence-electron chi connectivity index (χ0n) is 8.45. The number of rotatable bonds is 0. The van der Waals surface area contributed by atoms with Crippen LogP contribution in [0.25, 0.3) is 0 Å². The Hall–Kier alpha value is -1.15. The molecule has 0 bridgehead atoms. The standard InChI is InChI=1S/C12H14O2/c1-7-3-4-9-10(5-7)12(14)8(2)6-11(9)13/h3-5,8,11,13H,6H2,1-2H3/t8-,11+/m0/s1. The second-order valence-corrected chi connectivity index (χ2v) is 4.11. The van der Waals surface area contributed by atoms with Crippen LogP contribution in [0.3, 0.4) is 0 Å². The van der Waals surface area contributed by atoms with Crippen LogP contribution in [0.15, 0.2) is 18.2 Å². The van der Waals surface area contributed by atoms with Crippen LogP contribution in [-0.4, -0.2) is 10.9 Å². The van der Waals surface area contributed by atoms with E-state index in [1.807, 2.05) is 32.0 Å². The normalized spacial score (nSPS) is 26.1. The summed E-state index contributed by atoms with van der Waals surface area (Å²) in [4.78, 5) is 11.8. The molecule has 2 atom stereocenters. The number of fused-ring (bicyclic) bond motifs is 1. The number of aryl methyl sites for hydroxylation is 1. The fourth-order valence-electron chi connectivity index (χ4n) is 2.01. The Morgan fingerprint density at radius 1 is 1.43 bits per heavy atom. The van der Waals surface area contributed by atoms with Crippen LogP contribution in [0.4, 0.5) is 0 Å². The van der Waals surface area contributed by atoms with Gasteiger partial charge < -0.3 is 5.11 Å². The molecule has 1 aliphatic carbocycles. The number of carbonyl (C=O) groups is 1. The van der Waals surface area contributed by atoms with E-state index in [1.165, 1.54) is 0 Å². The number of Topliss-reactive ketones (excluding diaryl/α,β-unsaturated/α-hetero) is 1. The Kier molecular flexibility index (Phi) is 2.16. The lowest BCUT2D eigenvalue weighted by atomic mass is 9.81. The third-order valence-electron chi connectivity index (χ3n) is 2.86. The Balaban J connectivity index is 2.56. The number of aliphatic hydroxyl groups excluding tert-OH is 1. The summed E-state index contributed by atoms with van der Waals surface area (Å²) >= 11 is 0. The molecule has 0 unspecified atom stereocenters. The van der Waals surface area contributed by atoms with E-state index in [0.717, 1.165) is 11.1 Å². The lowest BCUT2D eigenvalue weighted by Gasteiger charge is -2.25. The highest BCUT2D eigenvalue weighted by atomic mass is 16.3. The summed E-state index contributed by atoms with van der Waals surface area (Å²) in [5, 5.41) is 9.79. The predicted octanol–water partition coefficient (Wildman–Crippen LogP) is 2.25. The highest BCUT2D eigenvalue weighted by Crippen LogP contribution is 2.33. The summed E-state index contributed by atoms with van der Waals surface area (Å²) in [5.41, 5.74) is 2.56. The minimum Gasteiger partial charge on any atom is -0.388 e. The average Bonchev–Trinajstić information content (AvgIpc) is 2.14. The maximum atomic E-state index is 11.8. The highest BCUT2D eigenvalue weighted by Gasteiger charge is 2.29. The second kappa shape index (κ2) is 3.21. The van der Waals surface area contributed by atoms with Gasteiger partial charge in [-0.1, -0.05) is 24.6 Å². The van der Waals surface area contributed by atoms with Crippen LogP contribution < -0.4 is 0 Å². The van der Waals surface area contributed by atoms with E-state index < -0.39 is 6.10 Å². The second-order valence-electron chi connectivity index (χ2n) is 4.11. The van der Waals surface area contributed by atoms with Gasteiger partial charge >= 0.3 is 0 Å². The maximum Gasteiger partial charge on any atom is 0.166 e. The molecule has 0 radical (unpaired) electrons. The van der Waals surface area contributed by atoms with Crippen molar-refractivity contribution >= 4 is 5.78 Å². The van der Waals surface area contributed by atoms with Crippen molar-refractivity contribution in [2.75, 3.05) is 0 Å². The molecule has 1 aliphatic rings. The van der Waals surface area contributed by atoms with Gasteiger partial charge in [0.05, 0.1) is 6.10 Å². The molecule has 0 saturated carbocycles. The summed E-state index contributed by atoms with van der Waals surface area (Å²) in [7, 11) is 0. The molecule has 0 aliphatic heterocycles. The molecule has 2 heteroatoms. The summed E-state index contributed by atoms with van der Waals surface area (Å²) in [6.07, 6.45) is 0.0767. The number of aliphatic hydroxyl groups is 1. The average molecular weight is 190 g/mol. The Labute approximate surface area is 83.6 Å². The fraction of sp³-hybridized carbons (Fsp3) is 0.417. The van der Waals surface area contributed by atoms with E-state index in [9.17, 15) is 9.90 Å². The molecule has 0 heterocycles. The Morgan fingerprint density at radius 2 is 2.14 bits per heavy atom. The van der Waals surface area contributed by atoms with Crippen molar-refractivity contribution in [3.8, 4) is 0 Å². The minimum absolute atomic E-state index is 0.0562. The zero-order valence-corrected chi connectivity index (χ0v) is 8.45. The monoisotopic (exact) mass is 190 g/mol. The molecular formula is C12H14O2. The first-order valence-electron chi connectivity index (χ1n) is 4.92.